The molecule has 0 atom stereocenters. The van der Waals surface area contributed by atoms with E-state index in [0.29, 0.717) is 5.56 Å². The summed E-state index contributed by atoms with van der Waals surface area (Å²) in [6, 6.07) is 19.4. The number of carbonyl (C=O) groups is 1. The van der Waals surface area contributed by atoms with Crippen LogP contribution in [0.25, 0.3) is 11.3 Å². The van der Waals surface area contributed by atoms with Crippen molar-refractivity contribution >= 4 is 29.2 Å². The van der Waals surface area contributed by atoms with E-state index in [1.165, 1.54) is 12.8 Å². The largest absolute Gasteiger partial charge is 0.355 e. The van der Waals surface area contributed by atoms with Crippen molar-refractivity contribution in [1.29, 1.82) is 0 Å². The van der Waals surface area contributed by atoms with Crippen molar-refractivity contribution in [3.05, 3.63) is 66.2 Å². The van der Waals surface area contributed by atoms with Crippen molar-refractivity contribution in [1.82, 2.24) is 10.2 Å². The second-order valence-electron chi connectivity index (χ2n) is 7.68. The van der Waals surface area contributed by atoms with Crippen LogP contribution in [0.15, 0.2) is 65.6 Å². The summed E-state index contributed by atoms with van der Waals surface area (Å²) >= 11 is 1.57. The van der Waals surface area contributed by atoms with Crippen molar-refractivity contribution in [3.8, 4) is 11.3 Å². The molecule has 0 bridgehead atoms. The van der Waals surface area contributed by atoms with Crippen molar-refractivity contribution < 1.29 is 4.79 Å². The molecule has 1 aliphatic heterocycles. The van der Waals surface area contributed by atoms with Gasteiger partial charge in [-0.15, -0.1) is 22.0 Å². The van der Waals surface area contributed by atoms with E-state index in [-0.39, 0.29) is 5.91 Å². The van der Waals surface area contributed by atoms with Gasteiger partial charge in [0.15, 0.2) is 5.82 Å². The first-order valence-electron chi connectivity index (χ1n) is 10.3. The lowest BCUT2D eigenvalue weighted by atomic mass is 9.99. The van der Waals surface area contributed by atoms with Crippen molar-refractivity contribution in [2.24, 2.45) is 5.92 Å². The lowest BCUT2D eigenvalue weighted by Gasteiger charge is -2.30. The molecule has 5 nitrogen and oxygen atoms in total. The Bertz CT molecular complexity index is 996. The normalized spacial score (nSPS) is 14.5. The molecule has 1 aromatic heterocycles. The average Bonchev–Trinajstić information content (AvgIpc) is 2.80. The van der Waals surface area contributed by atoms with Crippen LogP contribution in [0.1, 0.15) is 30.1 Å². The molecule has 1 N–H and O–H groups in total. The van der Waals surface area contributed by atoms with Gasteiger partial charge >= 0.3 is 0 Å². The Balaban J connectivity index is 1.42. The number of piperidine rings is 1. The van der Waals surface area contributed by atoms with Crippen LogP contribution in [0.5, 0.6) is 0 Å². The van der Waals surface area contributed by atoms with Gasteiger partial charge in [0.2, 0.25) is 0 Å². The lowest BCUT2D eigenvalue weighted by molar-refractivity contribution is 0.102. The zero-order valence-electron chi connectivity index (χ0n) is 17.3. The summed E-state index contributed by atoms with van der Waals surface area (Å²) in [6.45, 7) is 4.40. The number of rotatable bonds is 5. The highest BCUT2D eigenvalue weighted by atomic mass is 32.2. The van der Waals surface area contributed by atoms with E-state index < -0.39 is 0 Å². The van der Waals surface area contributed by atoms with Crippen molar-refractivity contribution in [2.75, 3.05) is 29.6 Å². The van der Waals surface area contributed by atoms with Gasteiger partial charge < -0.3 is 10.2 Å². The molecule has 3 aromatic rings. The van der Waals surface area contributed by atoms with E-state index in [1.807, 2.05) is 66.9 Å². The minimum Gasteiger partial charge on any atom is -0.355 e. The Hall–Kier alpha value is -2.86. The first-order valence-corrected chi connectivity index (χ1v) is 11.5. The molecule has 2 aromatic carbocycles. The number of benzene rings is 2. The van der Waals surface area contributed by atoms with Gasteiger partial charge in [0.1, 0.15) is 0 Å². The van der Waals surface area contributed by atoms with Gasteiger partial charge in [-0.25, -0.2) is 0 Å². The summed E-state index contributed by atoms with van der Waals surface area (Å²) in [5.74, 6) is 1.64. The summed E-state index contributed by atoms with van der Waals surface area (Å²) in [5.41, 5.74) is 3.24. The third-order valence-corrected chi connectivity index (χ3v) is 6.34. The number of hydrogen-bond donors (Lipinski definition) is 1. The fraction of sp³-hybridized carbons (Fsp3) is 0.292. The molecule has 1 fully saturated rings. The highest BCUT2D eigenvalue weighted by molar-refractivity contribution is 7.98. The van der Waals surface area contributed by atoms with Gasteiger partial charge in [-0.2, -0.15) is 0 Å². The lowest BCUT2D eigenvalue weighted by Crippen LogP contribution is -2.33. The average molecular weight is 419 g/mol. The van der Waals surface area contributed by atoms with Crippen LogP contribution < -0.4 is 10.2 Å². The molecule has 0 radical (unpaired) electrons. The van der Waals surface area contributed by atoms with E-state index in [2.05, 4.69) is 27.3 Å². The Morgan fingerprint density at radius 2 is 1.73 bits per heavy atom. The summed E-state index contributed by atoms with van der Waals surface area (Å²) < 4.78 is 0. The molecule has 1 amide bonds. The quantitative estimate of drug-likeness (QED) is 0.566. The number of amides is 1. The third kappa shape index (κ3) is 4.65. The monoisotopic (exact) mass is 418 g/mol. The second-order valence-corrected chi connectivity index (χ2v) is 8.53. The maximum Gasteiger partial charge on any atom is 0.256 e. The first kappa shape index (κ1) is 20.4. The van der Waals surface area contributed by atoms with Gasteiger partial charge in [0.05, 0.1) is 11.3 Å². The zero-order chi connectivity index (χ0) is 20.9. The zero-order valence-corrected chi connectivity index (χ0v) is 18.2. The van der Waals surface area contributed by atoms with Crippen LogP contribution in [-0.4, -0.2) is 35.4 Å². The van der Waals surface area contributed by atoms with E-state index in [9.17, 15) is 4.79 Å². The first-order chi connectivity index (χ1) is 14.6. The molecule has 0 unspecified atom stereocenters. The molecule has 4 rings (SSSR count). The van der Waals surface area contributed by atoms with Crippen LogP contribution in [0.4, 0.5) is 11.5 Å². The number of thioether (sulfide) groups is 1. The van der Waals surface area contributed by atoms with Gasteiger partial charge in [0, 0.05) is 29.2 Å². The molecule has 0 aliphatic carbocycles. The molecule has 0 saturated carbocycles. The van der Waals surface area contributed by atoms with E-state index in [4.69, 9.17) is 0 Å². The van der Waals surface area contributed by atoms with Crippen LogP contribution in [-0.2, 0) is 0 Å². The number of nitrogens with zero attached hydrogens (tertiary/aromatic N) is 3. The minimum absolute atomic E-state index is 0.104. The summed E-state index contributed by atoms with van der Waals surface area (Å²) in [6.07, 6.45) is 4.38. The maximum atomic E-state index is 12.6. The van der Waals surface area contributed by atoms with E-state index in [1.54, 1.807) is 11.8 Å². The Morgan fingerprint density at radius 3 is 2.40 bits per heavy atom. The molecule has 6 heteroatoms. The molecule has 0 spiro atoms. The van der Waals surface area contributed by atoms with Gasteiger partial charge in [0.25, 0.3) is 5.91 Å². The predicted molar refractivity (Wildman–Crippen MR) is 124 cm³/mol. The second kappa shape index (κ2) is 9.30. The smallest absolute Gasteiger partial charge is 0.256 e. The number of carbonyl (C=O) groups excluding carboxylic acids is 1. The van der Waals surface area contributed by atoms with E-state index >= 15 is 0 Å². The standard InChI is InChI=1S/C24H26N4OS/c1-17-13-15-28(16-14-17)23-12-11-21(26-27-23)18-7-9-19(10-8-18)25-24(29)20-5-3-4-6-22(20)30-2/h3-12,17H,13-16H2,1-2H3,(H,25,29). The van der Waals surface area contributed by atoms with Crippen LogP contribution in [0.3, 0.4) is 0 Å². The summed E-state index contributed by atoms with van der Waals surface area (Å²) in [7, 11) is 0. The SMILES string of the molecule is CSc1ccccc1C(=O)Nc1ccc(-c2ccc(N3CCC(C)CC3)nn2)cc1. The van der Waals surface area contributed by atoms with Crippen LogP contribution in [0, 0.1) is 5.92 Å². The van der Waals surface area contributed by atoms with Crippen molar-refractivity contribution in [2.45, 2.75) is 24.7 Å². The predicted octanol–water partition coefficient (Wildman–Crippen LogP) is 5.35. The van der Waals surface area contributed by atoms with Crippen molar-refractivity contribution in [3.63, 3.8) is 0 Å². The highest BCUT2D eigenvalue weighted by Gasteiger charge is 2.17. The van der Waals surface area contributed by atoms with Gasteiger partial charge in [-0.05, 0) is 61.4 Å². The van der Waals surface area contributed by atoms with E-state index in [0.717, 1.165) is 46.7 Å². The summed E-state index contributed by atoms with van der Waals surface area (Å²) in [4.78, 5) is 15.9. The fourth-order valence-corrected chi connectivity index (χ4v) is 4.24. The molecule has 154 valence electrons. The third-order valence-electron chi connectivity index (χ3n) is 5.55. The molecule has 2 heterocycles. The Morgan fingerprint density at radius 1 is 1.00 bits per heavy atom. The van der Waals surface area contributed by atoms with Crippen LogP contribution >= 0.6 is 11.8 Å². The maximum absolute atomic E-state index is 12.6. The highest BCUT2D eigenvalue weighted by Crippen LogP contribution is 2.25. The van der Waals surface area contributed by atoms with Crippen LogP contribution in [0.2, 0.25) is 0 Å². The fourth-order valence-electron chi connectivity index (χ4n) is 3.64. The van der Waals surface area contributed by atoms with Gasteiger partial charge in [-0.3, -0.25) is 4.79 Å². The number of nitrogens with one attached hydrogen (secondary N) is 1. The molecular weight excluding hydrogens is 392 g/mol. The Labute approximate surface area is 181 Å². The number of hydrogen-bond acceptors (Lipinski definition) is 5. The summed E-state index contributed by atoms with van der Waals surface area (Å²) in [5, 5.41) is 11.8. The molecule has 30 heavy (non-hydrogen) atoms. The number of anilines is 2. The Kier molecular flexibility index (Phi) is 6.33. The minimum atomic E-state index is -0.104. The number of aromatic nitrogens is 2. The topological polar surface area (TPSA) is 58.1 Å². The van der Waals surface area contributed by atoms with Gasteiger partial charge in [-0.1, -0.05) is 31.2 Å². The molecule has 1 saturated heterocycles. The molecular formula is C24H26N4OS. The molecule has 1 aliphatic rings.